The zero-order chi connectivity index (χ0) is 11.7. The van der Waals surface area contributed by atoms with Crippen LogP contribution in [0, 0.1) is 0 Å². The maximum Gasteiger partial charge on any atom is 0.225 e. The number of hydrogen-bond donors (Lipinski definition) is 2. The Morgan fingerprint density at radius 3 is 2.88 bits per heavy atom. The summed E-state index contributed by atoms with van der Waals surface area (Å²) >= 11 is 0. The molecule has 1 saturated heterocycles. The van der Waals surface area contributed by atoms with E-state index in [0.717, 1.165) is 5.56 Å². The number of aliphatic hydroxyl groups is 1. The first-order valence-corrected chi connectivity index (χ1v) is 5.40. The van der Waals surface area contributed by atoms with E-state index in [9.17, 15) is 15.0 Å². The van der Waals surface area contributed by atoms with Crippen molar-refractivity contribution in [1.29, 1.82) is 0 Å². The van der Waals surface area contributed by atoms with Gasteiger partial charge in [0, 0.05) is 6.54 Å². The molecule has 4 heteroatoms. The normalized spacial score (nSPS) is 25.1. The van der Waals surface area contributed by atoms with Gasteiger partial charge < -0.3 is 15.1 Å². The van der Waals surface area contributed by atoms with Gasteiger partial charge in [0.1, 0.15) is 5.75 Å². The van der Waals surface area contributed by atoms with Gasteiger partial charge in [-0.1, -0.05) is 12.1 Å². The molecule has 0 saturated carbocycles. The van der Waals surface area contributed by atoms with Crippen LogP contribution in [0.3, 0.4) is 0 Å². The van der Waals surface area contributed by atoms with E-state index in [1.54, 1.807) is 23.1 Å². The Morgan fingerprint density at radius 1 is 1.50 bits per heavy atom. The number of nitrogens with zero attached hydrogens (tertiary/aromatic N) is 1. The van der Waals surface area contributed by atoms with E-state index in [1.807, 2.05) is 13.0 Å². The van der Waals surface area contributed by atoms with Crippen LogP contribution in [0.5, 0.6) is 5.75 Å². The highest BCUT2D eigenvalue weighted by atomic mass is 16.3. The number of phenolic OH excluding ortho intramolecular Hbond substituents is 1. The van der Waals surface area contributed by atoms with Crippen LogP contribution >= 0.6 is 0 Å². The van der Waals surface area contributed by atoms with E-state index in [0.29, 0.717) is 6.54 Å². The predicted molar refractivity (Wildman–Crippen MR) is 58.9 cm³/mol. The van der Waals surface area contributed by atoms with Gasteiger partial charge in [0.05, 0.1) is 18.6 Å². The highest BCUT2D eigenvalue weighted by molar-refractivity contribution is 5.80. The van der Waals surface area contributed by atoms with Crippen molar-refractivity contribution in [2.75, 3.05) is 6.54 Å². The van der Waals surface area contributed by atoms with Gasteiger partial charge in [-0.25, -0.2) is 0 Å². The molecular weight excluding hydrogens is 206 g/mol. The number of carbonyl (C=O) groups excluding carboxylic acids is 1. The van der Waals surface area contributed by atoms with E-state index in [1.165, 1.54) is 0 Å². The average Bonchev–Trinajstić information content (AvgIpc) is 2.52. The molecule has 1 aliphatic rings. The van der Waals surface area contributed by atoms with Crippen LogP contribution in [0.2, 0.25) is 0 Å². The highest BCUT2D eigenvalue weighted by Gasteiger charge is 2.38. The summed E-state index contributed by atoms with van der Waals surface area (Å²) in [7, 11) is 0. The number of amides is 1. The van der Waals surface area contributed by atoms with Gasteiger partial charge in [-0.3, -0.25) is 4.79 Å². The van der Waals surface area contributed by atoms with Gasteiger partial charge in [0.2, 0.25) is 5.91 Å². The second-order valence-electron chi connectivity index (χ2n) is 3.99. The van der Waals surface area contributed by atoms with Crippen LogP contribution in [0.15, 0.2) is 24.3 Å². The lowest BCUT2D eigenvalue weighted by Crippen LogP contribution is -2.29. The fraction of sp³-hybridized carbons (Fsp3) is 0.417. The van der Waals surface area contributed by atoms with Gasteiger partial charge in [0.15, 0.2) is 0 Å². The second-order valence-corrected chi connectivity index (χ2v) is 3.99. The van der Waals surface area contributed by atoms with E-state index in [2.05, 4.69) is 0 Å². The minimum Gasteiger partial charge on any atom is -0.508 e. The number of rotatable bonds is 2. The number of likely N-dealkylation sites (N-methyl/N-ethyl adjacent to an activating group) is 1. The summed E-state index contributed by atoms with van der Waals surface area (Å²) in [6, 6.07) is 6.37. The van der Waals surface area contributed by atoms with Crippen molar-refractivity contribution >= 4 is 5.91 Å². The summed E-state index contributed by atoms with van der Waals surface area (Å²) in [6.45, 7) is 2.45. The predicted octanol–water partition coefficient (Wildman–Crippen LogP) is 1.05. The van der Waals surface area contributed by atoms with Gasteiger partial charge in [-0.2, -0.15) is 0 Å². The summed E-state index contributed by atoms with van der Waals surface area (Å²) < 4.78 is 0. The molecule has 2 N–H and O–H groups in total. The molecule has 4 nitrogen and oxygen atoms in total. The van der Waals surface area contributed by atoms with E-state index >= 15 is 0 Å². The Hall–Kier alpha value is -1.55. The Labute approximate surface area is 94.1 Å². The zero-order valence-electron chi connectivity index (χ0n) is 9.13. The van der Waals surface area contributed by atoms with Crippen molar-refractivity contribution in [2.45, 2.75) is 25.5 Å². The fourth-order valence-corrected chi connectivity index (χ4v) is 2.25. The molecule has 1 amide bonds. The molecule has 2 unspecified atom stereocenters. The summed E-state index contributed by atoms with van der Waals surface area (Å²) in [5, 5.41) is 19.3. The number of likely N-dealkylation sites (tertiary alicyclic amines) is 1. The van der Waals surface area contributed by atoms with Crippen LogP contribution in [0.1, 0.15) is 24.9 Å². The quantitative estimate of drug-likeness (QED) is 0.784. The van der Waals surface area contributed by atoms with Gasteiger partial charge in [-0.15, -0.1) is 0 Å². The van der Waals surface area contributed by atoms with Crippen LogP contribution in [-0.4, -0.2) is 33.7 Å². The molecule has 16 heavy (non-hydrogen) atoms. The number of carbonyl (C=O) groups is 1. The maximum absolute atomic E-state index is 11.6. The minimum atomic E-state index is -0.686. The van der Waals surface area contributed by atoms with Crippen molar-refractivity contribution in [3.8, 4) is 5.75 Å². The Bertz CT molecular complexity index is 405. The van der Waals surface area contributed by atoms with Crippen molar-refractivity contribution in [2.24, 2.45) is 0 Å². The molecule has 0 radical (unpaired) electrons. The van der Waals surface area contributed by atoms with Gasteiger partial charge in [-0.05, 0) is 24.6 Å². The summed E-state index contributed by atoms with van der Waals surface area (Å²) in [4.78, 5) is 13.2. The lowest BCUT2D eigenvalue weighted by Gasteiger charge is -2.25. The summed E-state index contributed by atoms with van der Waals surface area (Å²) in [5.41, 5.74) is 0.778. The van der Waals surface area contributed by atoms with Crippen molar-refractivity contribution < 1.29 is 15.0 Å². The number of phenols is 1. The van der Waals surface area contributed by atoms with Crippen molar-refractivity contribution in [3.63, 3.8) is 0 Å². The second kappa shape index (κ2) is 4.14. The molecule has 1 aromatic carbocycles. The van der Waals surface area contributed by atoms with Crippen LogP contribution in [-0.2, 0) is 4.79 Å². The Morgan fingerprint density at radius 2 is 2.25 bits per heavy atom. The van der Waals surface area contributed by atoms with Gasteiger partial charge >= 0.3 is 0 Å². The number of hydrogen-bond acceptors (Lipinski definition) is 3. The molecule has 1 aliphatic heterocycles. The first kappa shape index (κ1) is 11.0. The minimum absolute atomic E-state index is 0.0386. The summed E-state index contributed by atoms with van der Waals surface area (Å²) in [5.74, 6) is 0.114. The molecule has 86 valence electrons. The maximum atomic E-state index is 11.6. The molecule has 0 spiro atoms. The first-order valence-electron chi connectivity index (χ1n) is 5.40. The smallest absolute Gasteiger partial charge is 0.225 e. The van der Waals surface area contributed by atoms with Crippen LogP contribution < -0.4 is 0 Å². The summed E-state index contributed by atoms with van der Waals surface area (Å²) in [6.07, 6.45) is -0.525. The van der Waals surface area contributed by atoms with E-state index in [-0.39, 0.29) is 24.1 Å². The zero-order valence-corrected chi connectivity index (χ0v) is 9.13. The molecular formula is C12H15NO3. The molecule has 1 aromatic rings. The fourth-order valence-electron chi connectivity index (χ4n) is 2.25. The van der Waals surface area contributed by atoms with Crippen LogP contribution in [0.25, 0.3) is 0 Å². The number of aromatic hydroxyl groups is 1. The Balaban J connectivity index is 2.35. The van der Waals surface area contributed by atoms with Crippen molar-refractivity contribution in [3.05, 3.63) is 29.8 Å². The lowest BCUT2D eigenvalue weighted by atomic mass is 10.0. The third-order valence-electron chi connectivity index (χ3n) is 2.96. The average molecular weight is 221 g/mol. The standard InChI is InChI=1S/C12H15NO3/c1-2-13-11(16)7-10(15)12(13)8-4-3-5-9(14)6-8/h3-6,10,12,14-15H,2,7H2,1H3. The molecule has 2 rings (SSSR count). The first-order chi connectivity index (χ1) is 7.63. The largest absolute Gasteiger partial charge is 0.508 e. The van der Waals surface area contributed by atoms with Gasteiger partial charge in [0.25, 0.3) is 0 Å². The third-order valence-corrected chi connectivity index (χ3v) is 2.96. The SMILES string of the molecule is CCN1C(=O)CC(O)C1c1cccc(O)c1. The third kappa shape index (κ3) is 1.76. The van der Waals surface area contributed by atoms with E-state index < -0.39 is 6.10 Å². The van der Waals surface area contributed by atoms with Crippen molar-refractivity contribution in [1.82, 2.24) is 4.90 Å². The molecule has 1 heterocycles. The number of aliphatic hydroxyl groups excluding tert-OH is 1. The molecule has 0 aromatic heterocycles. The number of benzene rings is 1. The Kier molecular flexibility index (Phi) is 2.83. The topological polar surface area (TPSA) is 60.8 Å². The molecule has 2 atom stereocenters. The molecule has 1 fully saturated rings. The lowest BCUT2D eigenvalue weighted by molar-refractivity contribution is -0.128. The molecule has 0 bridgehead atoms. The monoisotopic (exact) mass is 221 g/mol. The van der Waals surface area contributed by atoms with E-state index in [4.69, 9.17) is 0 Å². The molecule has 0 aliphatic carbocycles. The highest BCUT2D eigenvalue weighted by Crippen LogP contribution is 2.33. The van der Waals surface area contributed by atoms with Crippen LogP contribution in [0.4, 0.5) is 0 Å².